The maximum absolute atomic E-state index is 13.5. The number of nitrogens with one attached hydrogen (secondary N) is 2. The standard InChI is InChI=1S/C30H33N5O4S3/c1-5-39-29(38)25-20-9-6-7-10-22(20)42-28(25)32-26(36)19(4)41-30-34-33-24(16-31-27(37)23-11-8-14-40-23)35(30)21-15-17(2)12-13-18(21)3/h8,11-15,19H,5-7,9-10,16H2,1-4H3,(H,31,37)(H,32,36)/t19-/m0/s1. The topological polar surface area (TPSA) is 115 Å². The molecular weight excluding hydrogens is 591 g/mol. The fourth-order valence-electron chi connectivity index (χ4n) is 4.85. The fraction of sp³-hybridized carbons (Fsp3) is 0.367. The molecule has 0 saturated carbocycles. The highest BCUT2D eigenvalue weighted by molar-refractivity contribution is 8.00. The van der Waals surface area contributed by atoms with E-state index in [0.29, 0.717) is 26.4 Å². The Kier molecular flexibility index (Phi) is 9.44. The summed E-state index contributed by atoms with van der Waals surface area (Å²) in [6.45, 7) is 8.04. The summed E-state index contributed by atoms with van der Waals surface area (Å²) in [6.07, 6.45) is 3.79. The van der Waals surface area contributed by atoms with Crippen molar-refractivity contribution in [3.63, 3.8) is 0 Å². The van der Waals surface area contributed by atoms with E-state index in [0.717, 1.165) is 52.9 Å². The lowest BCUT2D eigenvalue weighted by Crippen LogP contribution is -2.25. The second-order valence-corrected chi connectivity index (χ2v) is 13.4. The summed E-state index contributed by atoms with van der Waals surface area (Å²) in [5, 5.41) is 17.2. The molecule has 12 heteroatoms. The average Bonchev–Trinajstić information content (AvgIpc) is 3.72. The van der Waals surface area contributed by atoms with Gasteiger partial charge in [-0.15, -0.1) is 32.9 Å². The highest BCUT2D eigenvalue weighted by Crippen LogP contribution is 2.39. The van der Waals surface area contributed by atoms with Crippen molar-refractivity contribution in [1.29, 1.82) is 0 Å². The maximum atomic E-state index is 13.5. The Bertz CT molecular complexity index is 1610. The molecule has 0 saturated heterocycles. The number of anilines is 1. The summed E-state index contributed by atoms with van der Waals surface area (Å²) in [5.74, 6) is -0.263. The van der Waals surface area contributed by atoms with Crippen molar-refractivity contribution in [2.75, 3.05) is 11.9 Å². The number of benzene rings is 1. The Morgan fingerprint density at radius 2 is 1.95 bits per heavy atom. The zero-order valence-corrected chi connectivity index (χ0v) is 26.4. The SMILES string of the molecule is CCOC(=O)c1c(NC(=O)[C@H](C)Sc2nnc(CNC(=O)c3cccs3)n2-c2cc(C)ccc2C)sc2c1CCCC2. The molecule has 1 aliphatic carbocycles. The van der Waals surface area contributed by atoms with E-state index in [2.05, 4.69) is 20.8 Å². The van der Waals surface area contributed by atoms with Gasteiger partial charge in [0.2, 0.25) is 5.91 Å². The number of aromatic nitrogens is 3. The average molecular weight is 624 g/mol. The minimum Gasteiger partial charge on any atom is -0.462 e. The zero-order valence-electron chi connectivity index (χ0n) is 24.0. The molecule has 5 rings (SSSR count). The number of carbonyl (C=O) groups is 3. The Hall–Kier alpha value is -3.48. The van der Waals surface area contributed by atoms with Crippen molar-refractivity contribution < 1.29 is 19.1 Å². The van der Waals surface area contributed by atoms with Crippen LogP contribution in [0.3, 0.4) is 0 Å². The second kappa shape index (κ2) is 13.2. The van der Waals surface area contributed by atoms with Crippen LogP contribution in [0.25, 0.3) is 5.69 Å². The van der Waals surface area contributed by atoms with Gasteiger partial charge in [0.15, 0.2) is 11.0 Å². The summed E-state index contributed by atoms with van der Waals surface area (Å²) in [6, 6.07) is 9.71. The van der Waals surface area contributed by atoms with Crippen molar-refractivity contribution >= 4 is 57.2 Å². The maximum Gasteiger partial charge on any atom is 0.341 e. The van der Waals surface area contributed by atoms with E-state index in [1.54, 1.807) is 19.9 Å². The second-order valence-electron chi connectivity index (χ2n) is 10.1. The number of ether oxygens (including phenoxy) is 1. The first kappa shape index (κ1) is 30.0. The summed E-state index contributed by atoms with van der Waals surface area (Å²) < 4.78 is 7.24. The Morgan fingerprint density at radius 3 is 2.71 bits per heavy atom. The third-order valence-corrected chi connectivity index (χ3v) is 10.1. The van der Waals surface area contributed by atoms with Crippen LogP contribution in [0.1, 0.15) is 74.1 Å². The van der Waals surface area contributed by atoms with Crippen LogP contribution < -0.4 is 10.6 Å². The minimum atomic E-state index is -0.555. The van der Waals surface area contributed by atoms with Crippen LogP contribution in [-0.4, -0.2) is 44.4 Å². The predicted octanol–water partition coefficient (Wildman–Crippen LogP) is 6.11. The molecule has 1 atom stereocenters. The van der Waals surface area contributed by atoms with E-state index in [1.807, 2.05) is 48.1 Å². The van der Waals surface area contributed by atoms with Crippen molar-refractivity contribution in [2.24, 2.45) is 0 Å². The molecular formula is C30H33N5O4S3. The number of hydrogen-bond donors (Lipinski definition) is 2. The molecule has 2 N–H and O–H groups in total. The van der Waals surface area contributed by atoms with Gasteiger partial charge in [-0.1, -0.05) is 30.0 Å². The first-order chi connectivity index (χ1) is 20.3. The van der Waals surface area contributed by atoms with Crippen molar-refractivity contribution in [1.82, 2.24) is 20.1 Å². The number of rotatable bonds is 10. The number of aryl methyl sites for hydroxylation is 3. The molecule has 1 aliphatic rings. The number of esters is 1. The summed E-state index contributed by atoms with van der Waals surface area (Å²) in [4.78, 5) is 40.8. The van der Waals surface area contributed by atoms with Gasteiger partial charge in [-0.2, -0.15) is 0 Å². The number of hydrogen-bond acceptors (Lipinski definition) is 9. The van der Waals surface area contributed by atoms with Crippen molar-refractivity contribution in [2.45, 2.75) is 70.3 Å². The highest BCUT2D eigenvalue weighted by Gasteiger charge is 2.29. The van der Waals surface area contributed by atoms with Crippen LogP contribution in [0.15, 0.2) is 40.9 Å². The lowest BCUT2D eigenvalue weighted by molar-refractivity contribution is -0.115. The molecule has 3 aromatic heterocycles. The third kappa shape index (κ3) is 6.45. The van der Waals surface area contributed by atoms with Gasteiger partial charge >= 0.3 is 5.97 Å². The number of fused-ring (bicyclic) bond motifs is 1. The Labute approximate surface area is 257 Å². The van der Waals surface area contributed by atoms with Crippen LogP contribution in [0.2, 0.25) is 0 Å². The van der Waals surface area contributed by atoms with Crippen molar-refractivity contribution in [3.05, 3.63) is 73.5 Å². The lowest BCUT2D eigenvalue weighted by Gasteiger charge is -2.16. The van der Waals surface area contributed by atoms with Gasteiger partial charge in [0, 0.05) is 4.88 Å². The molecule has 2 amide bonds. The van der Waals surface area contributed by atoms with Crippen LogP contribution in [0, 0.1) is 13.8 Å². The van der Waals surface area contributed by atoms with Gasteiger partial charge in [-0.05, 0) is 87.6 Å². The summed E-state index contributed by atoms with van der Waals surface area (Å²) in [7, 11) is 0. The van der Waals surface area contributed by atoms with Crippen LogP contribution in [0.5, 0.6) is 0 Å². The molecule has 3 heterocycles. The molecule has 4 aromatic rings. The summed E-state index contributed by atoms with van der Waals surface area (Å²) in [5.41, 5.74) is 4.45. The van der Waals surface area contributed by atoms with Crippen LogP contribution in [-0.2, 0) is 28.9 Å². The molecule has 42 heavy (non-hydrogen) atoms. The number of amides is 2. The van der Waals surface area contributed by atoms with Gasteiger partial charge in [0.1, 0.15) is 5.00 Å². The van der Waals surface area contributed by atoms with E-state index in [-0.39, 0.29) is 25.0 Å². The quantitative estimate of drug-likeness (QED) is 0.162. The van der Waals surface area contributed by atoms with Gasteiger partial charge in [-0.3, -0.25) is 14.2 Å². The van der Waals surface area contributed by atoms with Gasteiger partial charge in [0.25, 0.3) is 5.91 Å². The predicted molar refractivity (Wildman–Crippen MR) is 167 cm³/mol. The van der Waals surface area contributed by atoms with Gasteiger partial charge < -0.3 is 15.4 Å². The molecule has 0 unspecified atom stereocenters. The van der Waals surface area contributed by atoms with Crippen LogP contribution in [0.4, 0.5) is 5.00 Å². The number of thioether (sulfide) groups is 1. The number of thiophene rings is 2. The van der Waals surface area contributed by atoms with Crippen molar-refractivity contribution in [3.8, 4) is 5.69 Å². The van der Waals surface area contributed by atoms with E-state index < -0.39 is 11.2 Å². The molecule has 0 aliphatic heterocycles. The van der Waals surface area contributed by atoms with Gasteiger partial charge in [-0.25, -0.2) is 4.79 Å². The molecule has 1 aromatic carbocycles. The number of nitrogens with zero attached hydrogens (tertiary/aromatic N) is 3. The van der Waals surface area contributed by atoms with E-state index >= 15 is 0 Å². The van der Waals surface area contributed by atoms with E-state index in [1.165, 1.54) is 34.4 Å². The molecule has 0 fully saturated rings. The Balaban J connectivity index is 1.39. The van der Waals surface area contributed by atoms with Crippen LogP contribution >= 0.6 is 34.4 Å². The monoisotopic (exact) mass is 623 g/mol. The zero-order chi connectivity index (χ0) is 29.8. The van der Waals surface area contributed by atoms with E-state index in [4.69, 9.17) is 4.74 Å². The first-order valence-electron chi connectivity index (χ1n) is 13.9. The fourth-order valence-corrected chi connectivity index (χ4v) is 7.65. The molecule has 0 bridgehead atoms. The molecule has 0 spiro atoms. The highest BCUT2D eigenvalue weighted by atomic mass is 32.2. The third-order valence-electron chi connectivity index (χ3n) is 7.00. The largest absolute Gasteiger partial charge is 0.462 e. The smallest absolute Gasteiger partial charge is 0.341 e. The molecule has 220 valence electrons. The summed E-state index contributed by atoms with van der Waals surface area (Å²) >= 11 is 4.11. The first-order valence-corrected chi connectivity index (χ1v) is 16.5. The normalized spacial score (nSPS) is 13.3. The molecule has 9 nitrogen and oxygen atoms in total. The molecule has 0 radical (unpaired) electrons. The lowest BCUT2D eigenvalue weighted by atomic mass is 9.95. The minimum absolute atomic E-state index is 0.169. The Morgan fingerprint density at radius 1 is 1.14 bits per heavy atom. The number of carbonyl (C=O) groups excluding carboxylic acids is 3. The van der Waals surface area contributed by atoms with E-state index in [9.17, 15) is 14.4 Å². The van der Waals surface area contributed by atoms with Gasteiger partial charge in [0.05, 0.1) is 34.5 Å².